The predicted molar refractivity (Wildman–Crippen MR) is 49.2 cm³/mol. The van der Waals surface area contributed by atoms with Gasteiger partial charge in [-0.05, 0) is 6.42 Å². The van der Waals surface area contributed by atoms with E-state index in [2.05, 4.69) is 4.99 Å². The van der Waals surface area contributed by atoms with Gasteiger partial charge in [0, 0.05) is 19.6 Å². The second-order valence-electron chi connectivity index (χ2n) is 3.23. The zero-order valence-corrected chi connectivity index (χ0v) is 7.96. The molecule has 1 atom stereocenters. The number of hydrogen-bond donors (Lipinski definition) is 0. The quantitative estimate of drug-likeness (QED) is 0.642. The summed E-state index contributed by atoms with van der Waals surface area (Å²) in [5.41, 5.74) is 0. The fourth-order valence-electron chi connectivity index (χ4n) is 1.64. The molecule has 0 aliphatic carbocycles. The van der Waals surface area contributed by atoms with Gasteiger partial charge in [-0.1, -0.05) is 11.6 Å². The maximum absolute atomic E-state index is 11.4. The molecular weight excluding hydrogens is 192 g/mol. The fraction of sp³-hybridized carbons (Fsp3) is 0.750. The first-order chi connectivity index (χ1) is 6.27. The highest BCUT2D eigenvalue weighted by Gasteiger charge is 2.29. The Kier molecular flexibility index (Phi) is 2.51. The summed E-state index contributed by atoms with van der Waals surface area (Å²) >= 11 is 5.65. The van der Waals surface area contributed by atoms with Gasteiger partial charge in [-0.2, -0.15) is 4.99 Å². The Morgan fingerprint density at radius 2 is 2.46 bits per heavy atom. The molecule has 0 aromatic carbocycles. The average molecular weight is 203 g/mol. The second-order valence-corrected chi connectivity index (χ2v) is 3.67. The summed E-state index contributed by atoms with van der Waals surface area (Å²) in [6.07, 6.45) is 1.59. The van der Waals surface area contributed by atoms with Gasteiger partial charge in [0.25, 0.3) is 0 Å². The maximum atomic E-state index is 11.4. The molecule has 1 unspecified atom stereocenters. The van der Waals surface area contributed by atoms with Crippen LogP contribution in [0.5, 0.6) is 0 Å². The minimum Gasteiger partial charge on any atom is -0.379 e. The molecule has 4 nitrogen and oxygen atoms in total. The van der Waals surface area contributed by atoms with Crippen molar-refractivity contribution < 1.29 is 9.53 Å². The van der Waals surface area contributed by atoms with Crippen molar-refractivity contribution in [3.63, 3.8) is 0 Å². The Bertz CT molecular complexity index is 249. The van der Waals surface area contributed by atoms with Crippen molar-refractivity contribution in [2.75, 3.05) is 19.8 Å². The summed E-state index contributed by atoms with van der Waals surface area (Å²) in [5, 5.41) is 0.417. The molecule has 2 aliphatic rings. The van der Waals surface area contributed by atoms with Crippen LogP contribution >= 0.6 is 11.6 Å². The van der Waals surface area contributed by atoms with Crippen LogP contribution in [0.1, 0.15) is 12.8 Å². The van der Waals surface area contributed by atoms with Crippen molar-refractivity contribution in [2.45, 2.75) is 18.9 Å². The summed E-state index contributed by atoms with van der Waals surface area (Å²) in [6, 6.07) is -0.00670. The SMILES string of the molecule is O=C1N=C(Cl)CCN1C1CCOC1. The Morgan fingerprint density at radius 1 is 1.62 bits per heavy atom. The van der Waals surface area contributed by atoms with Crippen LogP contribution in [-0.2, 0) is 4.74 Å². The van der Waals surface area contributed by atoms with Gasteiger partial charge in [0.15, 0.2) is 0 Å². The first-order valence-electron chi connectivity index (χ1n) is 4.39. The molecule has 2 rings (SSSR count). The van der Waals surface area contributed by atoms with Crippen molar-refractivity contribution in [2.24, 2.45) is 4.99 Å². The Balaban J connectivity index is 2.04. The van der Waals surface area contributed by atoms with Gasteiger partial charge in [-0.15, -0.1) is 0 Å². The Labute approximate surface area is 81.5 Å². The lowest BCUT2D eigenvalue weighted by atomic mass is 10.2. The lowest BCUT2D eigenvalue weighted by Gasteiger charge is -2.28. The number of halogens is 1. The van der Waals surface area contributed by atoms with E-state index in [9.17, 15) is 4.79 Å². The van der Waals surface area contributed by atoms with Crippen LogP contribution in [0.2, 0.25) is 0 Å². The smallest absolute Gasteiger partial charge is 0.344 e. The number of carbonyl (C=O) groups is 1. The minimum absolute atomic E-state index is 0.209. The molecule has 13 heavy (non-hydrogen) atoms. The van der Waals surface area contributed by atoms with E-state index in [0.717, 1.165) is 13.0 Å². The monoisotopic (exact) mass is 202 g/mol. The number of urea groups is 1. The molecule has 0 saturated carbocycles. The molecule has 0 aromatic rings. The van der Waals surface area contributed by atoms with Gasteiger partial charge < -0.3 is 9.64 Å². The summed E-state index contributed by atoms with van der Waals surface area (Å²) in [6.45, 7) is 2.06. The molecule has 0 bridgehead atoms. The zero-order valence-electron chi connectivity index (χ0n) is 7.20. The summed E-state index contributed by atoms with van der Waals surface area (Å²) in [4.78, 5) is 16.9. The number of nitrogens with zero attached hydrogens (tertiary/aromatic N) is 2. The van der Waals surface area contributed by atoms with Crippen molar-refractivity contribution in [1.82, 2.24) is 4.90 Å². The van der Waals surface area contributed by atoms with Gasteiger partial charge in [0.05, 0.1) is 12.6 Å². The fourth-order valence-corrected chi connectivity index (χ4v) is 1.80. The summed E-state index contributed by atoms with van der Waals surface area (Å²) in [7, 11) is 0. The topological polar surface area (TPSA) is 41.9 Å². The van der Waals surface area contributed by atoms with E-state index in [-0.39, 0.29) is 12.1 Å². The summed E-state index contributed by atoms with van der Waals surface area (Å²) < 4.78 is 5.21. The van der Waals surface area contributed by atoms with Crippen molar-refractivity contribution in [3.05, 3.63) is 0 Å². The highest BCUT2D eigenvalue weighted by molar-refractivity contribution is 6.66. The molecule has 1 fully saturated rings. The number of ether oxygens (including phenoxy) is 1. The number of amides is 2. The number of hydrogen-bond acceptors (Lipinski definition) is 2. The van der Waals surface area contributed by atoms with Crippen LogP contribution in [0.4, 0.5) is 4.79 Å². The highest BCUT2D eigenvalue weighted by atomic mass is 35.5. The van der Waals surface area contributed by atoms with E-state index in [1.54, 1.807) is 4.90 Å². The van der Waals surface area contributed by atoms with Crippen LogP contribution in [-0.4, -0.2) is 41.9 Å². The van der Waals surface area contributed by atoms with E-state index in [1.807, 2.05) is 0 Å². The highest BCUT2D eigenvalue weighted by Crippen LogP contribution is 2.17. The minimum atomic E-state index is -0.216. The lowest BCUT2D eigenvalue weighted by molar-refractivity contribution is 0.151. The molecule has 0 aromatic heterocycles. The summed E-state index contributed by atoms with van der Waals surface area (Å²) in [5.74, 6) is 0. The van der Waals surface area contributed by atoms with Crippen LogP contribution in [0.15, 0.2) is 4.99 Å². The van der Waals surface area contributed by atoms with Crippen molar-refractivity contribution in [3.8, 4) is 0 Å². The van der Waals surface area contributed by atoms with Crippen LogP contribution in [0.3, 0.4) is 0 Å². The van der Waals surface area contributed by atoms with E-state index >= 15 is 0 Å². The second kappa shape index (κ2) is 3.64. The van der Waals surface area contributed by atoms with E-state index < -0.39 is 0 Å². The van der Waals surface area contributed by atoms with Crippen LogP contribution in [0, 0.1) is 0 Å². The molecular formula is C8H11ClN2O2. The van der Waals surface area contributed by atoms with Crippen molar-refractivity contribution >= 4 is 22.8 Å². The largest absolute Gasteiger partial charge is 0.379 e. The first-order valence-corrected chi connectivity index (χ1v) is 4.76. The third-order valence-corrected chi connectivity index (χ3v) is 2.64. The van der Waals surface area contributed by atoms with Gasteiger partial charge in [0.1, 0.15) is 5.17 Å². The lowest BCUT2D eigenvalue weighted by Crippen LogP contribution is -2.42. The standard InChI is InChI=1S/C8H11ClN2O2/c9-7-1-3-11(8(12)10-7)6-2-4-13-5-6/h6H,1-5H2. The Hall–Kier alpha value is -0.610. The molecule has 5 heteroatoms. The van der Waals surface area contributed by atoms with Crippen molar-refractivity contribution in [1.29, 1.82) is 0 Å². The number of aliphatic imine (C=N–C) groups is 1. The molecule has 1 saturated heterocycles. The number of rotatable bonds is 1. The molecule has 2 heterocycles. The maximum Gasteiger partial charge on any atom is 0.344 e. The molecule has 2 aliphatic heterocycles. The average Bonchev–Trinajstić information content (AvgIpc) is 2.56. The van der Waals surface area contributed by atoms with E-state index in [0.29, 0.717) is 24.7 Å². The van der Waals surface area contributed by atoms with E-state index in [4.69, 9.17) is 16.3 Å². The third-order valence-electron chi connectivity index (χ3n) is 2.37. The van der Waals surface area contributed by atoms with E-state index in [1.165, 1.54) is 0 Å². The molecule has 72 valence electrons. The van der Waals surface area contributed by atoms with Gasteiger partial charge in [0.2, 0.25) is 0 Å². The molecule has 0 N–H and O–H groups in total. The van der Waals surface area contributed by atoms with Gasteiger partial charge in [-0.3, -0.25) is 0 Å². The molecule has 0 spiro atoms. The normalized spacial score (nSPS) is 29.3. The molecule has 0 radical (unpaired) electrons. The van der Waals surface area contributed by atoms with Gasteiger partial charge >= 0.3 is 6.03 Å². The number of carbonyl (C=O) groups excluding carboxylic acids is 1. The van der Waals surface area contributed by atoms with Gasteiger partial charge in [-0.25, -0.2) is 4.79 Å². The molecule has 2 amide bonds. The van der Waals surface area contributed by atoms with Crippen LogP contribution < -0.4 is 0 Å². The first kappa shape index (κ1) is 8.97. The zero-order chi connectivity index (χ0) is 9.26. The Morgan fingerprint density at radius 3 is 3.08 bits per heavy atom. The third kappa shape index (κ3) is 1.84. The van der Waals surface area contributed by atoms with Crippen LogP contribution in [0.25, 0.3) is 0 Å². The predicted octanol–water partition coefficient (Wildman–Crippen LogP) is 1.24.